The molecule has 0 radical (unpaired) electrons. The Kier molecular flexibility index (Phi) is 9.23. The zero-order valence-corrected chi connectivity index (χ0v) is 14.9. The van der Waals surface area contributed by atoms with Crippen LogP contribution in [0.4, 0.5) is 0 Å². The van der Waals surface area contributed by atoms with E-state index in [2.05, 4.69) is 0 Å². The van der Waals surface area contributed by atoms with E-state index in [0.29, 0.717) is 19.8 Å². The molecule has 0 unspecified atom stereocenters. The molecule has 0 aliphatic rings. The van der Waals surface area contributed by atoms with Crippen LogP contribution in [0.15, 0.2) is 48.5 Å². The van der Waals surface area contributed by atoms with Crippen LogP contribution < -0.4 is 20.9 Å². The fraction of sp³-hybridized carbons (Fsp3) is 0.368. The van der Waals surface area contributed by atoms with Crippen LogP contribution in [-0.2, 0) is 6.61 Å². The molecule has 0 bridgehead atoms. The van der Waals surface area contributed by atoms with Crippen molar-refractivity contribution in [3.05, 3.63) is 59.7 Å². The average Bonchev–Trinajstić information content (AvgIpc) is 2.59. The van der Waals surface area contributed by atoms with Crippen LogP contribution >= 0.6 is 12.4 Å². The largest absolute Gasteiger partial charge is 0.490 e. The van der Waals surface area contributed by atoms with Crippen LogP contribution in [0.25, 0.3) is 0 Å². The van der Waals surface area contributed by atoms with Crippen molar-refractivity contribution in [2.24, 2.45) is 11.5 Å². The maximum absolute atomic E-state index is 6.21. The number of halogens is 1. The summed E-state index contributed by atoms with van der Waals surface area (Å²) in [5.74, 6) is 1.48. The van der Waals surface area contributed by atoms with Gasteiger partial charge in [0, 0.05) is 6.04 Å². The lowest BCUT2D eigenvalue weighted by Crippen LogP contribution is -2.13. The van der Waals surface area contributed by atoms with E-state index in [1.165, 1.54) is 0 Å². The van der Waals surface area contributed by atoms with Gasteiger partial charge in [-0.3, -0.25) is 0 Å². The van der Waals surface area contributed by atoms with Crippen molar-refractivity contribution in [1.82, 2.24) is 0 Å². The van der Waals surface area contributed by atoms with Crippen LogP contribution in [0.1, 0.15) is 36.9 Å². The highest BCUT2D eigenvalue weighted by atomic mass is 35.5. The second-order valence-electron chi connectivity index (χ2n) is 5.45. The third-order valence-electron chi connectivity index (χ3n) is 3.65. The zero-order chi connectivity index (χ0) is 16.5. The molecule has 2 aromatic carbocycles. The second kappa shape index (κ2) is 10.9. The summed E-state index contributed by atoms with van der Waals surface area (Å²) in [4.78, 5) is 0. The van der Waals surface area contributed by atoms with Crippen LogP contribution in [0.2, 0.25) is 0 Å². The molecule has 5 heteroatoms. The monoisotopic (exact) mass is 350 g/mol. The lowest BCUT2D eigenvalue weighted by atomic mass is 10.0. The first kappa shape index (κ1) is 20.3. The van der Waals surface area contributed by atoms with Crippen LogP contribution in [0, 0.1) is 0 Å². The van der Waals surface area contributed by atoms with E-state index in [-0.39, 0.29) is 18.4 Å². The van der Waals surface area contributed by atoms with E-state index >= 15 is 0 Å². The van der Waals surface area contributed by atoms with Gasteiger partial charge in [-0.05, 0) is 49.6 Å². The summed E-state index contributed by atoms with van der Waals surface area (Å²) in [5.41, 5.74) is 13.9. The van der Waals surface area contributed by atoms with E-state index in [0.717, 1.165) is 35.5 Å². The van der Waals surface area contributed by atoms with Crippen molar-refractivity contribution < 1.29 is 9.47 Å². The smallest absolute Gasteiger partial charge is 0.161 e. The Hall–Kier alpha value is -1.75. The first-order valence-electron chi connectivity index (χ1n) is 8.13. The van der Waals surface area contributed by atoms with Crippen molar-refractivity contribution in [2.45, 2.75) is 32.4 Å². The Labute approximate surface area is 150 Å². The van der Waals surface area contributed by atoms with Gasteiger partial charge in [0.25, 0.3) is 0 Å². The molecule has 0 aliphatic heterocycles. The van der Waals surface area contributed by atoms with Gasteiger partial charge in [0.1, 0.15) is 6.61 Å². The highest BCUT2D eigenvalue weighted by molar-refractivity contribution is 5.85. The molecule has 1 atom stereocenters. The molecule has 0 amide bonds. The molecule has 0 aromatic heterocycles. The minimum Gasteiger partial charge on any atom is -0.490 e. The van der Waals surface area contributed by atoms with E-state index in [4.69, 9.17) is 20.9 Å². The Balaban J connectivity index is 0.00000288. The minimum atomic E-state index is -0.0269. The van der Waals surface area contributed by atoms with Crippen LogP contribution in [0.3, 0.4) is 0 Å². The van der Waals surface area contributed by atoms with E-state index < -0.39 is 0 Å². The molecule has 4 nitrogen and oxygen atoms in total. The second-order valence-corrected chi connectivity index (χ2v) is 5.45. The van der Waals surface area contributed by atoms with Crippen molar-refractivity contribution in [2.75, 3.05) is 13.2 Å². The summed E-state index contributed by atoms with van der Waals surface area (Å²) in [6.07, 6.45) is 1.78. The maximum atomic E-state index is 6.21. The van der Waals surface area contributed by atoms with Crippen molar-refractivity contribution in [1.29, 1.82) is 0 Å². The number of benzene rings is 2. The van der Waals surface area contributed by atoms with Gasteiger partial charge in [0.05, 0.1) is 6.61 Å². The average molecular weight is 351 g/mol. The van der Waals surface area contributed by atoms with Crippen molar-refractivity contribution in [3.8, 4) is 11.5 Å². The molecular formula is C19H27ClN2O2. The molecule has 2 rings (SSSR count). The normalized spacial score (nSPS) is 11.5. The fourth-order valence-corrected chi connectivity index (χ4v) is 2.38. The number of ether oxygens (including phenoxy) is 2. The Bertz CT molecular complexity index is 593. The van der Waals surface area contributed by atoms with E-state index in [1.807, 2.05) is 55.5 Å². The molecule has 0 saturated heterocycles. The lowest BCUT2D eigenvalue weighted by molar-refractivity contribution is 0.269. The number of hydrogen-bond acceptors (Lipinski definition) is 4. The summed E-state index contributed by atoms with van der Waals surface area (Å²) in [6.45, 7) is 3.72. The van der Waals surface area contributed by atoms with Gasteiger partial charge in [0.2, 0.25) is 0 Å². The highest BCUT2D eigenvalue weighted by Crippen LogP contribution is 2.31. The number of nitrogens with two attached hydrogens (primary N) is 2. The quantitative estimate of drug-likeness (QED) is 0.721. The van der Waals surface area contributed by atoms with Crippen LogP contribution in [0.5, 0.6) is 11.5 Å². The first-order chi connectivity index (χ1) is 11.2. The topological polar surface area (TPSA) is 70.5 Å². The molecule has 0 aliphatic carbocycles. The fourth-order valence-electron chi connectivity index (χ4n) is 2.38. The van der Waals surface area contributed by atoms with Crippen molar-refractivity contribution in [3.63, 3.8) is 0 Å². The summed E-state index contributed by atoms with van der Waals surface area (Å²) >= 11 is 0. The van der Waals surface area contributed by atoms with Gasteiger partial charge in [-0.2, -0.15) is 0 Å². The molecule has 4 N–H and O–H groups in total. The summed E-state index contributed by atoms with van der Waals surface area (Å²) < 4.78 is 11.6. The molecule has 0 spiro atoms. The lowest BCUT2D eigenvalue weighted by Gasteiger charge is -2.16. The minimum absolute atomic E-state index is 0. The number of hydrogen-bond donors (Lipinski definition) is 2. The molecule has 24 heavy (non-hydrogen) atoms. The van der Waals surface area contributed by atoms with Gasteiger partial charge in [-0.25, -0.2) is 0 Å². The molecule has 2 aromatic rings. The summed E-state index contributed by atoms with van der Waals surface area (Å²) in [6, 6.07) is 16.0. The predicted octanol–water partition coefficient (Wildman–Crippen LogP) is 3.82. The third-order valence-corrected chi connectivity index (χ3v) is 3.65. The summed E-state index contributed by atoms with van der Waals surface area (Å²) in [7, 11) is 0. The van der Waals surface area contributed by atoms with Gasteiger partial charge >= 0.3 is 0 Å². The van der Waals surface area contributed by atoms with Gasteiger partial charge in [-0.1, -0.05) is 36.4 Å². The predicted molar refractivity (Wildman–Crippen MR) is 101 cm³/mol. The third kappa shape index (κ3) is 6.04. The highest BCUT2D eigenvalue weighted by Gasteiger charge is 2.11. The molecular weight excluding hydrogens is 324 g/mol. The Morgan fingerprint density at radius 2 is 1.75 bits per heavy atom. The van der Waals surface area contributed by atoms with Crippen molar-refractivity contribution >= 4 is 12.4 Å². The summed E-state index contributed by atoms with van der Waals surface area (Å²) in [5, 5.41) is 0. The first-order valence-corrected chi connectivity index (χ1v) is 8.13. The Morgan fingerprint density at radius 3 is 2.42 bits per heavy atom. The molecule has 132 valence electrons. The maximum Gasteiger partial charge on any atom is 0.161 e. The zero-order valence-electron chi connectivity index (χ0n) is 14.1. The van der Waals surface area contributed by atoms with Gasteiger partial charge in [-0.15, -0.1) is 12.4 Å². The van der Waals surface area contributed by atoms with Crippen LogP contribution in [-0.4, -0.2) is 13.2 Å². The molecule has 0 heterocycles. The molecule has 0 saturated carbocycles. The van der Waals surface area contributed by atoms with E-state index in [9.17, 15) is 0 Å². The van der Waals surface area contributed by atoms with E-state index in [1.54, 1.807) is 0 Å². The molecule has 0 fully saturated rings. The Morgan fingerprint density at radius 1 is 1.00 bits per heavy atom. The number of rotatable bonds is 9. The standard InChI is InChI=1S/C19H26N2O2.ClH/c1-2-22-19-13-16(17(21)9-6-12-20)10-11-18(19)23-14-15-7-4-3-5-8-15;/h3-5,7-8,10-11,13,17H,2,6,9,12,14,20-21H2,1H3;1H/t17-;/m1./s1. The van der Waals surface area contributed by atoms with Gasteiger partial charge in [0.15, 0.2) is 11.5 Å². The van der Waals surface area contributed by atoms with Gasteiger partial charge < -0.3 is 20.9 Å². The SMILES string of the molecule is CCOc1cc([C@H](N)CCCN)ccc1OCc1ccccc1.Cl.